The molecule has 0 radical (unpaired) electrons. The minimum absolute atomic E-state index is 0.0868. The van der Waals surface area contributed by atoms with E-state index in [9.17, 15) is 18.8 Å². The van der Waals surface area contributed by atoms with Crippen molar-refractivity contribution in [2.45, 2.75) is 59.6 Å². The van der Waals surface area contributed by atoms with Crippen LogP contribution in [-0.4, -0.2) is 76.4 Å². The number of methoxy groups -OCH3 is 1. The van der Waals surface area contributed by atoms with Gasteiger partial charge in [-0.05, 0) is 77.3 Å². The Kier molecular flexibility index (Phi) is 8.85. The second-order valence-corrected chi connectivity index (χ2v) is 10.3. The zero-order valence-corrected chi connectivity index (χ0v) is 23.0. The van der Waals surface area contributed by atoms with Gasteiger partial charge >= 0.3 is 12.1 Å². The highest BCUT2D eigenvalue weighted by atomic mass is 19.1. The third kappa shape index (κ3) is 6.54. The van der Waals surface area contributed by atoms with Gasteiger partial charge in [0.25, 0.3) is 5.91 Å². The first-order chi connectivity index (χ1) is 17.9. The van der Waals surface area contributed by atoms with Crippen LogP contribution < -0.4 is 0 Å². The van der Waals surface area contributed by atoms with E-state index in [4.69, 9.17) is 9.47 Å². The van der Waals surface area contributed by atoms with Gasteiger partial charge in [0.05, 0.1) is 18.4 Å². The van der Waals surface area contributed by atoms with Crippen molar-refractivity contribution in [1.29, 1.82) is 0 Å². The first-order valence-corrected chi connectivity index (χ1v) is 12.6. The topological polar surface area (TPSA) is 102 Å². The molecular weight excluding hydrogens is 491 g/mol. The quantitative estimate of drug-likeness (QED) is 0.490. The molecule has 1 aromatic heterocycles. The summed E-state index contributed by atoms with van der Waals surface area (Å²) in [5.41, 5.74) is 1.38. The summed E-state index contributed by atoms with van der Waals surface area (Å²) in [6.07, 6.45) is 1.94. The molecule has 2 heterocycles. The zero-order chi connectivity index (χ0) is 28.2. The molecule has 0 saturated carbocycles. The lowest BCUT2D eigenvalue weighted by atomic mass is 9.94. The number of nitrogens with zero attached hydrogens (tertiary/aromatic N) is 4. The summed E-state index contributed by atoms with van der Waals surface area (Å²) >= 11 is 0. The van der Waals surface area contributed by atoms with Crippen molar-refractivity contribution in [3.63, 3.8) is 0 Å². The van der Waals surface area contributed by atoms with Crippen LogP contribution in [0, 0.1) is 5.82 Å². The highest BCUT2D eigenvalue weighted by molar-refractivity contribution is 6.04. The molecule has 10 heteroatoms. The van der Waals surface area contributed by atoms with Crippen LogP contribution >= 0.6 is 0 Å². The van der Waals surface area contributed by atoms with Gasteiger partial charge in [0.2, 0.25) is 0 Å². The van der Waals surface area contributed by atoms with Gasteiger partial charge in [-0.15, -0.1) is 10.2 Å². The van der Waals surface area contributed by atoms with E-state index in [2.05, 4.69) is 10.2 Å². The van der Waals surface area contributed by atoms with Gasteiger partial charge in [-0.1, -0.05) is 12.1 Å². The fourth-order valence-corrected chi connectivity index (χ4v) is 4.22. The lowest BCUT2D eigenvalue weighted by Gasteiger charge is -2.29. The average Bonchev–Trinajstić information content (AvgIpc) is 2.87. The normalized spacial score (nSPS) is 13.7. The Bertz CT molecular complexity index is 1250. The van der Waals surface area contributed by atoms with Crippen LogP contribution in [0.5, 0.6) is 0 Å². The van der Waals surface area contributed by atoms with E-state index in [1.54, 1.807) is 15.9 Å². The van der Waals surface area contributed by atoms with E-state index in [-0.39, 0.29) is 23.2 Å². The molecule has 0 aliphatic carbocycles. The largest absolute Gasteiger partial charge is 0.464 e. The van der Waals surface area contributed by atoms with Crippen LogP contribution in [0.4, 0.5) is 9.18 Å². The summed E-state index contributed by atoms with van der Waals surface area (Å²) in [4.78, 5) is 41.7. The summed E-state index contributed by atoms with van der Waals surface area (Å²) in [5.74, 6) is -1.67. The van der Waals surface area contributed by atoms with Gasteiger partial charge < -0.3 is 19.3 Å². The number of esters is 1. The van der Waals surface area contributed by atoms with Crippen LogP contribution in [0.1, 0.15) is 74.5 Å². The smallest absolute Gasteiger partial charge is 0.410 e. The van der Waals surface area contributed by atoms with E-state index in [0.29, 0.717) is 42.9 Å². The van der Waals surface area contributed by atoms with Gasteiger partial charge in [0, 0.05) is 31.2 Å². The summed E-state index contributed by atoms with van der Waals surface area (Å²) in [6.45, 7) is 12.2. The molecule has 38 heavy (non-hydrogen) atoms. The fraction of sp³-hybridized carbons (Fsp3) is 0.464. The molecule has 0 bridgehead atoms. The monoisotopic (exact) mass is 526 g/mol. The van der Waals surface area contributed by atoms with Crippen LogP contribution in [0.15, 0.2) is 30.3 Å². The van der Waals surface area contributed by atoms with E-state index < -0.39 is 23.5 Å². The molecule has 1 aliphatic heterocycles. The van der Waals surface area contributed by atoms with Crippen molar-refractivity contribution in [2.75, 3.05) is 26.7 Å². The van der Waals surface area contributed by atoms with E-state index >= 15 is 0 Å². The molecule has 0 fully saturated rings. The number of ether oxygens (including phenoxy) is 2. The molecule has 0 spiro atoms. The highest BCUT2D eigenvalue weighted by Crippen LogP contribution is 2.32. The number of amides is 2. The lowest BCUT2D eigenvalue weighted by molar-refractivity contribution is 0.0270. The number of carbonyl (C=O) groups is 3. The Morgan fingerprint density at radius 1 is 1.13 bits per heavy atom. The second kappa shape index (κ2) is 11.7. The molecule has 2 aromatic rings. The SMILES string of the molecule is CCN(C(=O)c1cc(F)ccc1-c1cc(C2=CCN(C(=O)OC(C)(C)C)CC2)nnc1C(=O)OC)C(C)C. The number of benzene rings is 1. The third-order valence-electron chi connectivity index (χ3n) is 6.09. The van der Waals surface area contributed by atoms with Gasteiger partial charge in [-0.3, -0.25) is 4.79 Å². The van der Waals surface area contributed by atoms with Gasteiger partial charge in [-0.25, -0.2) is 14.0 Å². The zero-order valence-electron chi connectivity index (χ0n) is 23.0. The van der Waals surface area contributed by atoms with Crippen molar-refractivity contribution in [1.82, 2.24) is 20.0 Å². The van der Waals surface area contributed by atoms with E-state index in [1.165, 1.54) is 25.3 Å². The minimum atomic E-state index is -0.730. The van der Waals surface area contributed by atoms with Crippen LogP contribution in [0.3, 0.4) is 0 Å². The van der Waals surface area contributed by atoms with Gasteiger partial charge in [0.15, 0.2) is 5.69 Å². The molecule has 0 atom stereocenters. The number of hydrogen-bond donors (Lipinski definition) is 0. The summed E-state index contributed by atoms with van der Waals surface area (Å²) in [5, 5.41) is 8.37. The Balaban J connectivity index is 2.06. The molecular formula is C28H35FN4O5. The van der Waals surface area contributed by atoms with Gasteiger partial charge in [0.1, 0.15) is 11.4 Å². The standard InChI is InChI=1S/C28H35FN4O5/c1-8-33(17(2)3)25(34)22-15-19(29)9-10-20(22)21-16-23(30-31-24(21)26(35)37-7)18-11-13-32(14-12-18)27(36)38-28(4,5)6/h9-11,15-17H,8,12-14H2,1-7H3. The first-order valence-electron chi connectivity index (χ1n) is 12.6. The summed E-state index contributed by atoms with van der Waals surface area (Å²) in [7, 11) is 1.23. The Labute approximate surface area is 222 Å². The number of hydrogen-bond acceptors (Lipinski definition) is 7. The minimum Gasteiger partial charge on any atom is -0.464 e. The predicted octanol–water partition coefficient (Wildman–Crippen LogP) is 4.96. The number of rotatable bonds is 6. The Morgan fingerprint density at radius 3 is 2.39 bits per heavy atom. The molecule has 9 nitrogen and oxygen atoms in total. The molecule has 0 N–H and O–H groups in total. The molecule has 204 valence electrons. The van der Waals surface area contributed by atoms with Crippen molar-refractivity contribution in [3.8, 4) is 11.1 Å². The van der Waals surface area contributed by atoms with Gasteiger partial charge in [-0.2, -0.15) is 0 Å². The molecule has 3 rings (SSSR count). The summed E-state index contributed by atoms with van der Waals surface area (Å²) in [6, 6.07) is 5.41. The molecule has 0 unspecified atom stereocenters. The van der Waals surface area contributed by atoms with E-state index in [0.717, 1.165) is 5.57 Å². The molecule has 1 aromatic carbocycles. The van der Waals surface area contributed by atoms with Crippen molar-refractivity contribution < 1.29 is 28.2 Å². The highest BCUT2D eigenvalue weighted by Gasteiger charge is 2.28. The maximum atomic E-state index is 14.4. The van der Waals surface area contributed by atoms with Crippen LogP contribution in [0.2, 0.25) is 0 Å². The fourth-order valence-electron chi connectivity index (χ4n) is 4.22. The summed E-state index contributed by atoms with van der Waals surface area (Å²) < 4.78 is 24.7. The number of carbonyl (C=O) groups excluding carboxylic acids is 3. The second-order valence-electron chi connectivity index (χ2n) is 10.3. The van der Waals surface area contributed by atoms with Crippen LogP contribution in [-0.2, 0) is 9.47 Å². The first kappa shape index (κ1) is 28.7. The Hall–Kier alpha value is -3.82. The molecule has 0 saturated heterocycles. The predicted molar refractivity (Wildman–Crippen MR) is 141 cm³/mol. The van der Waals surface area contributed by atoms with Crippen molar-refractivity contribution >= 4 is 23.5 Å². The lowest BCUT2D eigenvalue weighted by Crippen LogP contribution is -2.39. The van der Waals surface area contributed by atoms with Crippen molar-refractivity contribution in [2.24, 2.45) is 0 Å². The third-order valence-corrected chi connectivity index (χ3v) is 6.09. The Morgan fingerprint density at radius 2 is 1.84 bits per heavy atom. The maximum Gasteiger partial charge on any atom is 0.410 e. The average molecular weight is 527 g/mol. The molecule has 1 aliphatic rings. The maximum absolute atomic E-state index is 14.4. The number of aromatic nitrogens is 2. The molecule has 2 amide bonds. The van der Waals surface area contributed by atoms with Crippen LogP contribution in [0.25, 0.3) is 16.7 Å². The van der Waals surface area contributed by atoms with Crippen molar-refractivity contribution in [3.05, 3.63) is 53.1 Å². The van der Waals surface area contributed by atoms with E-state index in [1.807, 2.05) is 47.6 Å². The number of halogens is 1.